The van der Waals surface area contributed by atoms with Crippen LogP contribution in [0.15, 0.2) is 11.6 Å². The topological polar surface area (TPSA) is 60.7 Å². The number of ether oxygens (including phenoxy) is 2. The van der Waals surface area contributed by atoms with E-state index in [1.165, 1.54) is 6.42 Å². The zero-order chi connectivity index (χ0) is 18.9. The fourth-order valence-electron chi connectivity index (χ4n) is 5.11. The third-order valence-corrected chi connectivity index (χ3v) is 16.9. The van der Waals surface area contributed by atoms with E-state index in [9.17, 15) is 5.26 Å². The molecule has 4 aliphatic rings. The second-order valence-corrected chi connectivity index (χ2v) is 18.0. The summed E-state index contributed by atoms with van der Waals surface area (Å²) in [5.41, 5.74) is 0.698. The van der Waals surface area contributed by atoms with Crippen LogP contribution < -0.4 is 0 Å². The quantitative estimate of drug-likeness (QED) is 0.513. The summed E-state index contributed by atoms with van der Waals surface area (Å²) < 4.78 is 28.7. The molecule has 2 aliphatic heterocycles. The molecule has 2 saturated heterocycles. The maximum absolute atomic E-state index is 9.76. The molecule has 4 atom stereocenters. The van der Waals surface area contributed by atoms with Crippen LogP contribution in [0.1, 0.15) is 71.6 Å². The van der Waals surface area contributed by atoms with Gasteiger partial charge in [-0.3, -0.25) is 0 Å². The Morgan fingerprint density at radius 2 is 1.74 bits per heavy atom. The van der Waals surface area contributed by atoms with E-state index in [2.05, 4.69) is 19.9 Å². The molecule has 2 heterocycles. The van der Waals surface area contributed by atoms with Crippen LogP contribution in [0.4, 0.5) is 0 Å². The molecule has 5 nitrogen and oxygen atoms in total. The van der Waals surface area contributed by atoms with Crippen molar-refractivity contribution in [1.82, 2.24) is 0 Å². The summed E-state index contributed by atoms with van der Waals surface area (Å²) in [7, 11) is 0. The van der Waals surface area contributed by atoms with E-state index in [-0.39, 0.29) is 24.4 Å². The Hall–Kier alpha value is -0.131. The molecule has 0 N–H and O–H groups in total. The molecule has 0 amide bonds. The van der Waals surface area contributed by atoms with Crippen LogP contribution in [0.5, 0.6) is 0 Å². The first-order valence-electron chi connectivity index (χ1n) is 11.0. The van der Waals surface area contributed by atoms with Crippen LogP contribution in [0, 0.1) is 11.3 Å². The molecule has 27 heavy (non-hydrogen) atoms. The van der Waals surface area contributed by atoms with Crippen LogP contribution in [0.3, 0.4) is 0 Å². The molecule has 0 bridgehead atoms. The molecular weight excluding hydrogens is 449 g/mol. The zero-order valence-corrected chi connectivity index (χ0v) is 19.6. The number of hydrogen-bond donors (Lipinski definition) is 0. The zero-order valence-electron chi connectivity index (χ0n) is 16.7. The van der Waals surface area contributed by atoms with Gasteiger partial charge in [0.2, 0.25) is 0 Å². The van der Waals surface area contributed by atoms with Gasteiger partial charge in [-0.25, -0.2) is 0 Å². The molecule has 6 heteroatoms. The molecule has 0 aromatic rings. The molecule has 0 aromatic heterocycles. The number of unbranched alkanes of at least 4 members (excludes halogenated alkanes) is 2. The van der Waals surface area contributed by atoms with Crippen LogP contribution in [0.25, 0.3) is 0 Å². The summed E-state index contributed by atoms with van der Waals surface area (Å²) in [4.78, 5) is 0. The molecule has 0 aromatic carbocycles. The van der Waals surface area contributed by atoms with Gasteiger partial charge < -0.3 is 0 Å². The van der Waals surface area contributed by atoms with Crippen molar-refractivity contribution in [3.05, 3.63) is 11.6 Å². The second-order valence-electron chi connectivity index (χ2n) is 8.61. The van der Waals surface area contributed by atoms with Gasteiger partial charge in [0.1, 0.15) is 0 Å². The van der Waals surface area contributed by atoms with Crippen molar-refractivity contribution in [2.24, 2.45) is 0 Å². The Balaban J connectivity index is 1.58. The fraction of sp³-hybridized carbons (Fsp3) is 0.857. The number of fused-ring (bicyclic) bond motifs is 3. The fourth-order valence-corrected chi connectivity index (χ4v) is 16.6. The standard InChI is InChI=1S/C13H15NO4.2C4H9.Sn/c14-7-8-6-9-12(11(16)10(8)15)18-13(17-9)4-2-1-3-5-13;2*1-3-4-2;/h6,9-12H,1-5H2;2*1,3-4H2,2H3;/q-2;;;+2/t9-,10-,11-,12-;;;/m1.../s1. The van der Waals surface area contributed by atoms with Gasteiger partial charge in [-0.05, 0) is 0 Å². The van der Waals surface area contributed by atoms with Crippen molar-refractivity contribution in [2.75, 3.05) is 0 Å². The predicted octanol–water partition coefficient (Wildman–Crippen LogP) is 4.72. The Morgan fingerprint density at radius 3 is 2.37 bits per heavy atom. The molecule has 0 radical (unpaired) electrons. The van der Waals surface area contributed by atoms with Gasteiger partial charge in [-0.2, -0.15) is 0 Å². The summed E-state index contributed by atoms with van der Waals surface area (Å²) >= 11 is -3.19. The summed E-state index contributed by atoms with van der Waals surface area (Å²) in [5, 5.41) is 9.76. The van der Waals surface area contributed by atoms with E-state index < -0.39 is 25.0 Å². The molecule has 1 saturated carbocycles. The van der Waals surface area contributed by atoms with E-state index in [1.807, 2.05) is 6.08 Å². The molecule has 1 spiro atoms. The number of hydrogen-bond acceptors (Lipinski definition) is 5. The summed E-state index contributed by atoms with van der Waals surface area (Å²) in [5.74, 6) is -0.462. The molecule has 3 fully saturated rings. The predicted molar refractivity (Wildman–Crippen MR) is 104 cm³/mol. The summed E-state index contributed by atoms with van der Waals surface area (Å²) in [6.45, 7) is 4.44. The van der Waals surface area contributed by atoms with E-state index in [0.29, 0.717) is 5.57 Å². The van der Waals surface area contributed by atoms with Crippen LogP contribution in [-0.4, -0.2) is 49.4 Å². The third-order valence-electron chi connectivity index (χ3n) is 6.56. The average Bonchev–Trinajstić information content (AvgIpc) is 3.23. The Labute approximate surface area is 168 Å². The summed E-state index contributed by atoms with van der Waals surface area (Å²) in [6, 6.07) is 2.38. The van der Waals surface area contributed by atoms with Crippen molar-refractivity contribution in [1.29, 1.82) is 5.26 Å². The molecular formula is C21H33NO4Sn. The van der Waals surface area contributed by atoms with Crippen LogP contribution >= 0.6 is 0 Å². The van der Waals surface area contributed by atoms with Crippen LogP contribution in [0.2, 0.25) is 8.87 Å². The van der Waals surface area contributed by atoms with Gasteiger partial charge in [0, 0.05) is 0 Å². The van der Waals surface area contributed by atoms with E-state index in [0.717, 1.165) is 60.2 Å². The van der Waals surface area contributed by atoms with Gasteiger partial charge in [-0.1, -0.05) is 0 Å². The number of nitrogens with zero attached hydrogens (tertiary/aromatic N) is 1. The van der Waals surface area contributed by atoms with Crippen molar-refractivity contribution in [2.45, 2.75) is 111 Å². The first kappa shape index (κ1) is 20.2. The van der Waals surface area contributed by atoms with Crippen LogP contribution in [-0.2, 0) is 15.6 Å². The van der Waals surface area contributed by atoms with E-state index in [4.69, 9.17) is 15.6 Å². The van der Waals surface area contributed by atoms with Gasteiger partial charge in [-0.15, -0.1) is 0 Å². The first-order valence-corrected chi connectivity index (χ1v) is 17.3. The van der Waals surface area contributed by atoms with Gasteiger partial charge >= 0.3 is 169 Å². The maximum atomic E-state index is 9.76. The minimum absolute atomic E-state index is 0.118. The minimum atomic E-state index is -3.19. The van der Waals surface area contributed by atoms with E-state index >= 15 is 0 Å². The van der Waals surface area contributed by atoms with E-state index in [1.54, 1.807) is 0 Å². The molecule has 0 unspecified atom stereocenters. The van der Waals surface area contributed by atoms with Crippen molar-refractivity contribution in [3.63, 3.8) is 0 Å². The number of rotatable bonds is 6. The number of nitriles is 1. The normalized spacial score (nSPS) is 36.1. The average molecular weight is 482 g/mol. The Kier molecular flexibility index (Phi) is 6.21. The van der Waals surface area contributed by atoms with Gasteiger partial charge in [0.25, 0.3) is 0 Å². The monoisotopic (exact) mass is 483 g/mol. The summed E-state index contributed by atoms with van der Waals surface area (Å²) in [6.07, 6.45) is 11.4. The molecule has 2 aliphatic carbocycles. The first-order chi connectivity index (χ1) is 13.1. The van der Waals surface area contributed by atoms with Gasteiger partial charge in [0.05, 0.1) is 0 Å². The van der Waals surface area contributed by atoms with Gasteiger partial charge in [0.15, 0.2) is 0 Å². The van der Waals surface area contributed by atoms with Crippen molar-refractivity contribution >= 4 is 19.2 Å². The Morgan fingerprint density at radius 1 is 1.04 bits per heavy atom. The van der Waals surface area contributed by atoms with Crippen molar-refractivity contribution in [3.8, 4) is 6.07 Å². The molecule has 150 valence electrons. The molecule has 4 rings (SSSR count). The SMILES string of the molecule is CCC[CH2][Sn]1([CH2]CCC)[O][C@H]2[C@@H]3OC4(CCCCC4)O[C@@H]3C=C(C#N)[C@H]2[O]1. The van der Waals surface area contributed by atoms with Crippen molar-refractivity contribution < 1.29 is 15.6 Å². The Bertz CT molecular complexity index is 602. The third kappa shape index (κ3) is 3.85. The second kappa shape index (κ2) is 8.31.